The van der Waals surface area contributed by atoms with E-state index in [2.05, 4.69) is 77.3 Å². The van der Waals surface area contributed by atoms with E-state index in [4.69, 9.17) is 9.47 Å². The van der Waals surface area contributed by atoms with E-state index >= 15 is 4.39 Å². The van der Waals surface area contributed by atoms with Crippen molar-refractivity contribution in [3.05, 3.63) is 66.0 Å². The van der Waals surface area contributed by atoms with Crippen LogP contribution in [0.2, 0.25) is 51.4 Å². The van der Waals surface area contributed by atoms with Crippen LogP contribution in [0.3, 0.4) is 0 Å². The van der Waals surface area contributed by atoms with Crippen molar-refractivity contribution in [2.75, 3.05) is 32.1 Å². The summed E-state index contributed by atoms with van der Waals surface area (Å²) in [5.74, 6) is -0.278. The molecule has 4 aromatic rings. The minimum atomic E-state index is -1.22. The Labute approximate surface area is 274 Å². The summed E-state index contributed by atoms with van der Waals surface area (Å²) in [7, 11) is -0.255. The van der Waals surface area contributed by atoms with E-state index in [9.17, 15) is 4.79 Å². The van der Waals surface area contributed by atoms with Gasteiger partial charge >= 0.3 is 0 Å². The minimum absolute atomic E-state index is 0.0704. The standard InChI is InChI=1S/C34H49FN6O3Si2/c1-39-14-8-9-29(39)31-19-27-21-36-32(20-30(27)40(31)23-43-15-17-45(2,3)4)38-34(42)26-12-10-25(11-13-26)28-22-37-41(33(28)35)24-44-16-18-46(5,6)7/h10-13,19-22,29H,8-9,14-18,23-24H2,1-7H3,(H,36,38,42)/t29-/m1/s1. The summed E-state index contributed by atoms with van der Waals surface area (Å²) in [6.07, 6.45) is 5.58. The first-order valence-electron chi connectivity index (χ1n) is 16.3. The summed E-state index contributed by atoms with van der Waals surface area (Å²) in [5, 5.41) is 8.14. The molecule has 12 heteroatoms. The van der Waals surface area contributed by atoms with E-state index in [1.54, 1.807) is 24.3 Å². The number of anilines is 1. The fourth-order valence-electron chi connectivity index (χ4n) is 5.66. The number of nitrogens with zero attached hydrogens (tertiary/aromatic N) is 5. The molecule has 1 fully saturated rings. The average molecular weight is 665 g/mol. The highest BCUT2D eigenvalue weighted by atomic mass is 28.3. The summed E-state index contributed by atoms with van der Waals surface area (Å²) in [6, 6.07) is 13.4. The van der Waals surface area contributed by atoms with Crippen LogP contribution in [0.25, 0.3) is 22.0 Å². The average Bonchev–Trinajstić information content (AvgIpc) is 3.68. The minimum Gasteiger partial charge on any atom is -0.361 e. The van der Waals surface area contributed by atoms with Gasteiger partial charge in [-0.3, -0.25) is 9.69 Å². The second kappa shape index (κ2) is 14.3. The highest BCUT2D eigenvalue weighted by Crippen LogP contribution is 2.35. The van der Waals surface area contributed by atoms with Crippen molar-refractivity contribution in [1.82, 2.24) is 24.2 Å². The molecule has 1 atom stereocenters. The van der Waals surface area contributed by atoms with Gasteiger partial charge in [0.15, 0.2) is 0 Å². The first kappa shape index (κ1) is 34.2. The lowest BCUT2D eigenvalue weighted by Crippen LogP contribution is -2.23. The number of ether oxygens (including phenoxy) is 2. The van der Waals surface area contributed by atoms with Crippen LogP contribution in [0, 0.1) is 5.95 Å². The Kier molecular flexibility index (Phi) is 10.6. The van der Waals surface area contributed by atoms with Crippen LogP contribution < -0.4 is 5.32 Å². The molecule has 0 saturated carbocycles. The number of benzene rings is 1. The molecule has 46 heavy (non-hydrogen) atoms. The molecule has 1 amide bonds. The number of pyridine rings is 1. The maximum Gasteiger partial charge on any atom is 0.256 e. The van der Waals surface area contributed by atoms with Gasteiger partial charge in [-0.2, -0.15) is 9.49 Å². The highest BCUT2D eigenvalue weighted by Gasteiger charge is 2.27. The molecule has 0 unspecified atom stereocenters. The van der Waals surface area contributed by atoms with E-state index in [0.29, 0.717) is 41.9 Å². The number of fused-ring (bicyclic) bond motifs is 1. The zero-order valence-electron chi connectivity index (χ0n) is 28.4. The van der Waals surface area contributed by atoms with Crippen molar-refractivity contribution in [3.63, 3.8) is 0 Å². The molecular formula is C34H49FN6O3Si2. The third-order valence-corrected chi connectivity index (χ3v) is 12.0. The van der Waals surface area contributed by atoms with Gasteiger partial charge in [-0.05, 0) is 62.3 Å². The van der Waals surface area contributed by atoms with E-state index in [0.717, 1.165) is 42.6 Å². The van der Waals surface area contributed by atoms with Gasteiger partial charge in [0.25, 0.3) is 5.91 Å². The van der Waals surface area contributed by atoms with Crippen LogP contribution in [0.5, 0.6) is 0 Å². The van der Waals surface area contributed by atoms with Crippen molar-refractivity contribution in [3.8, 4) is 11.1 Å². The molecule has 1 aromatic carbocycles. The van der Waals surface area contributed by atoms with Crippen LogP contribution in [-0.4, -0.2) is 73.1 Å². The predicted octanol–water partition coefficient (Wildman–Crippen LogP) is 7.68. The van der Waals surface area contributed by atoms with Gasteiger partial charge in [0, 0.05) is 64.3 Å². The van der Waals surface area contributed by atoms with Gasteiger partial charge in [-0.1, -0.05) is 51.4 Å². The Balaban J connectivity index is 1.28. The largest absolute Gasteiger partial charge is 0.361 e. The first-order valence-corrected chi connectivity index (χ1v) is 23.7. The topological polar surface area (TPSA) is 86.4 Å². The lowest BCUT2D eigenvalue weighted by Gasteiger charge is -2.22. The molecule has 0 bridgehead atoms. The number of hydrogen-bond acceptors (Lipinski definition) is 6. The molecule has 9 nitrogen and oxygen atoms in total. The van der Waals surface area contributed by atoms with Crippen molar-refractivity contribution in [1.29, 1.82) is 0 Å². The maximum atomic E-state index is 15.1. The lowest BCUT2D eigenvalue weighted by molar-refractivity contribution is 0.0700. The molecule has 248 valence electrons. The summed E-state index contributed by atoms with van der Waals surface area (Å²) in [5.41, 5.74) is 3.66. The SMILES string of the molecule is CN1CCC[C@@H]1c1cc2cnc(NC(=O)c3ccc(-c4cnn(COCC[Si](C)(C)C)c4F)cc3)cc2n1COCC[Si](C)(C)C. The Morgan fingerprint density at radius 3 is 2.28 bits per heavy atom. The Hall–Kier alpha value is -3.17. The van der Waals surface area contributed by atoms with Gasteiger partial charge < -0.3 is 19.4 Å². The molecule has 1 aliphatic rings. The highest BCUT2D eigenvalue weighted by molar-refractivity contribution is 6.76. The number of carbonyl (C=O) groups is 1. The van der Waals surface area contributed by atoms with Crippen molar-refractivity contribution < 1.29 is 18.7 Å². The van der Waals surface area contributed by atoms with Gasteiger partial charge in [-0.15, -0.1) is 0 Å². The Bertz CT molecular complexity index is 1640. The molecule has 1 saturated heterocycles. The summed E-state index contributed by atoms with van der Waals surface area (Å²) >= 11 is 0. The number of amides is 1. The summed E-state index contributed by atoms with van der Waals surface area (Å²) < 4.78 is 30.4. The maximum absolute atomic E-state index is 15.1. The van der Waals surface area contributed by atoms with Crippen molar-refractivity contribution in [2.24, 2.45) is 0 Å². The number of aromatic nitrogens is 4. The van der Waals surface area contributed by atoms with Gasteiger partial charge in [0.1, 0.15) is 19.3 Å². The second-order valence-electron chi connectivity index (χ2n) is 14.8. The molecule has 4 heterocycles. The Morgan fingerprint density at radius 1 is 0.978 bits per heavy atom. The van der Waals surface area contributed by atoms with Gasteiger partial charge in [-0.25, -0.2) is 9.67 Å². The summed E-state index contributed by atoms with van der Waals surface area (Å²) in [4.78, 5) is 20.2. The van der Waals surface area contributed by atoms with E-state index in [1.807, 2.05) is 12.3 Å². The zero-order chi connectivity index (χ0) is 33.1. The third-order valence-electron chi connectivity index (χ3n) is 8.58. The second-order valence-corrected chi connectivity index (χ2v) is 26.1. The van der Waals surface area contributed by atoms with Gasteiger partial charge in [0.05, 0.1) is 17.3 Å². The number of halogens is 1. The molecule has 3 aromatic heterocycles. The third kappa shape index (κ3) is 8.59. The zero-order valence-corrected chi connectivity index (χ0v) is 30.4. The van der Waals surface area contributed by atoms with Crippen molar-refractivity contribution >= 4 is 38.8 Å². The normalized spacial score (nSPS) is 16.0. The smallest absolute Gasteiger partial charge is 0.256 e. The number of carbonyl (C=O) groups excluding carboxylic acids is 1. The number of rotatable bonds is 14. The number of nitrogens with one attached hydrogen (secondary N) is 1. The number of hydrogen-bond donors (Lipinski definition) is 1. The fourth-order valence-corrected chi connectivity index (χ4v) is 7.17. The molecular weight excluding hydrogens is 616 g/mol. The molecule has 1 N–H and O–H groups in total. The first-order chi connectivity index (χ1) is 21.8. The van der Waals surface area contributed by atoms with Crippen LogP contribution in [-0.2, 0) is 22.9 Å². The molecule has 0 spiro atoms. The van der Waals surface area contributed by atoms with Gasteiger partial charge in [0.2, 0.25) is 5.95 Å². The Morgan fingerprint density at radius 2 is 1.65 bits per heavy atom. The molecule has 5 rings (SSSR count). The van der Waals surface area contributed by atoms with Crippen LogP contribution in [0.4, 0.5) is 10.2 Å². The molecule has 0 radical (unpaired) electrons. The van der Waals surface area contributed by atoms with Crippen molar-refractivity contribution in [2.45, 2.75) is 83.7 Å². The van der Waals surface area contributed by atoms with E-state index < -0.39 is 22.1 Å². The molecule has 1 aliphatic heterocycles. The monoisotopic (exact) mass is 664 g/mol. The van der Waals surface area contributed by atoms with Crippen LogP contribution in [0.15, 0.2) is 48.8 Å². The molecule has 0 aliphatic carbocycles. The lowest BCUT2D eigenvalue weighted by atomic mass is 10.1. The number of likely N-dealkylation sites (tertiary alicyclic amines) is 1. The van der Waals surface area contributed by atoms with E-state index in [1.165, 1.54) is 23.0 Å². The van der Waals surface area contributed by atoms with Crippen LogP contribution >= 0.6 is 0 Å². The van der Waals surface area contributed by atoms with E-state index in [-0.39, 0.29) is 12.6 Å². The van der Waals surface area contributed by atoms with Crippen LogP contribution in [0.1, 0.15) is 34.9 Å². The quantitative estimate of drug-likeness (QED) is 0.110. The summed E-state index contributed by atoms with van der Waals surface area (Å²) in [6.45, 7) is 16.8. The fraction of sp³-hybridized carbons (Fsp3) is 0.500. The predicted molar refractivity (Wildman–Crippen MR) is 188 cm³/mol.